The Bertz CT molecular complexity index is 3040. The van der Waals surface area contributed by atoms with Gasteiger partial charge in [-0.15, -0.1) is 0 Å². The van der Waals surface area contributed by atoms with E-state index in [1.807, 2.05) is 73.8 Å². The lowest BCUT2D eigenvalue weighted by atomic mass is 9.71. The normalized spacial score (nSPS) is 18.7. The summed E-state index contributed by atoms with van der Waals surface area (Å²) < 4.78 is 114. The van der Waals surface area contributed by atoms with Crippen LogP contribution < -0.4 is 10.6 Å². The van der Waals surface area contributed by atoms with E-state index in [0.717, 1.165) is 55.9 Å². The van der Waals surface area contributed by atoms with Gasteiger partial charge < -0.3 is 19.8 Å². The average Bonchev–Trinajstić information content (AvgIpc) is 4.08. The third-order valence-electron chi connectivity index (χ3n) is 13.4. The minimum absolute atomic E-state index is 0.0456. The Balaban J connectivity index is 0.000000277. The van der Waals surface area contributed by atoms with Crippen molar-refractivity contribution in [2.24, 2.45) is 10.8 Å². The number of amides is 2. The summed E-state index contributed by atoms with van der Waals surface area (Å²) in [4.78, 5) is 32.7. The molecule has 2 amide bonds. The number of imidazole rings is 2. The number of carbonyl (C=O) groups is 2. The van der Waals surface area contributed by atoms with E-state index < -0.39 is 75.3 Å². The number of carbonyl (C=O) groups excluding carboxylic acids is 2. The van der Waals surface area contributed by atoms with Crippen LogP contribution in [-0.4, -0.2) is 30.9 Å². The zero-order chi connectivity index (χ0) is 55.5. The largest absolute Gasteiger partial charge is 0.330 e. The van der Waals surface area contributed by atoms with Crippen LogP contribution in [0.1, 0.15) is 113 Å². The molecule has 2 N–H and O–H groups in total. The van der Waals surface area contributed by atoms with Crippen LogP contribution in [0.2, 0.25) is 0 Å². The fraction of sp³-hybridized carbons (Fsp3) is 0.322. The molecular formula is C59H64F8N6O2. The van der Waals surface area contributed by atoms with E-state index in [1.165, 1.54) is 22.3 Å². The first kappa shape index (κ1) is 58.5. The van der Waals surface area contributed by atoms with Crippen LogP contribution in [0.3, 0.4) is 0 Å². The molecule has 2 aliphatic rings. The molecule has 2 aromatic heterocycles. The number of nitrogens with one attached hydrogen (secondary N) is 2. The van der Waals surface area contributed by atoms with Gasteiger partial charge in [0.25, 0.3) is 0 Å². The van der Waals surface area contributed by atoms with Gasteiger partial charge in [0.05, 0.1) is 24.7 Å². The summed E-state index contributed by atoms with van der Waals surface area (Å²) in [7, 11) is 0. The van der Waals surface area contributed by atoms with Gasteiger partial charge in [-0.05, 0) is 118 Å². The summed E-state index contributed by atoms with van der Waals surface area (Å²) in [5.74, 6) is -14.9. The predicted molar refractivity (Wildman–Crippen MR) is 280 cm³/mol. The Morgan fingerprint density at radius 1 is 0.560 bits per heavy atom. The van der Waals surface area contributed by atoms with Gasteiger partial charge in [0, 0.05) is 48.6 Å². The third kappa shape index (κ3) is 14.9. The highest BCUT2D eigenvalue weighted by molar-refractivity contribution is 6.00. The van der Waals surface area contributed by atoms with E-state index in [9.17, 15) is 44.7 Å². The first-order chi connectivity index (χ1) is 35.2. The van der Waals surface area contributed by atoms with Gasteiger partial charge in [-0.3, -0.25) is 9.59 Å². The van der Waals surface area contributed by atoms with Gasteiger partial charge in [0.15, 0.2) is 46.5 Å². The molecule has 4 aromatic rings. The smallest absolute Gasteiger partial charge is 0.248 e. The number of benzene rings is 2. The minimum Gasteiger partial charge on any atom is -0.330 e. The van der Waals surface area contributed by atoms with Crippen LogP contribution in [0.25, 0.3) is 0 Å². The summed E-state index contributed by atoms with van der Waals surface area (Å²) in [6.07, 6.45) is 36.6. The van der Waals surface area contributed by atoms with Crippen LogP contribution >= 0.6 is 0 Å². The monoisotopic (exact) mass is 1040 g/mol. The number of halogens is 8. The lowest BCUT2D eigenvalue weighted by Crippen LogP contribution is -2.25. The third-order valence-corrected chi connectivity index (χ3v) is 13.4. The van der Waals surface area contributed by atoms with Gasteiger partial charge in [-0.25, -0.2) is 45.1 Å². The number of anilines is 2. The van der Waals surface area contributed by atoms with Gasteiger partial charge in [-0.1, -0.05) is 99.6 Å². The highest BCUT2D eigenvalue weighted by Gasteiger charge is 2.34. The first-order valence-electron chi connectivity index (χ1n) is 24.3. The Morgan fingerprint density at radius 3 is 1.35 bits per heavy atom. The number of hydrogen-bond acceptors (Lipinski definition) is 4. The molecule has 0 bridgehead atoms. The predicted octanol–water partition coefficient (Wildman–Crippen LogP) is 15.8. The molecule has 0 spiro atoms. The van der Waals surface area contributed by atoms with E-state index >= 15 is 0 Å². The van der Waals surface area contributed by atoms with Crippen LogP contribution in [0, 0.1) is 64.3 Å². The van der Waals surface area contributed by atoms with E-state index in [4.69, 9.17) is 0 Å². The molecule has 0 saturated heterocycles. The van der Waals surface area contributed by atoms with Crippen LogP contribution in [0.15, 0.2) is 161 Å². The van der Waals surface area contributed by atoms with Gasteiger partial charge in [-0.2, -0.15) is 0 Å². The van der Waals surface area contributed by atoms with E-state index in [0.29, 0.717) is 11.1 Å². The molecule has 0 aliphatic heterocycles. The molecule has 16 heteroatoms. The second-order valence-electron chi connectivity index (χ2n) is 20.2. The summed E-state index contributed by atoms with van der Waals surface area (Å²) >= 11 is 0. The molecule has 0 saturated carbocycles. The number of aromatic nitrogens is 4. The SMILES string of the molecule is CC1=C(/C=C/C(C)=C/C=C/C(C)=C/C(=O)Nc2c(F)c(C)c(F)c(F)c2F)C(C)(C)CCC1n1ccnc1.CC1=C(/C=C/C(C)=C/C=C/C(C)=C/C(=O)Nc2c(F)c(F)cc(F)c2F)C(C)(C)CCC1n1ccnc1. The fourth-order valence-electron chi connectivity index (χ4n) is 9.11. The van der Waals surface area contributed by atoms with Crippen molar-refractivity contribution in [1.82, 2.24) is 19.1 Å². The van der Waals surface area contributed by atoms with E-state index in [-0.39, 0.29) is 29.0 Å². The van der Waals surface area contributed by atoms with Crippen molar-refractivity contribution >= 4 is 23.2 Å². The summed E-state index contributed by atoms with van der Waals surface area (Å²) in [5.41, 5.74) is 5.32. The molecule has 2 heterocycles. The Kier molecular flexibility index (Phi) is 19.7. The Hall–Kier alpha value is -7.36. The van der Waals surface area contributed by atoms with Crippen molar-refractivity contribution in [2.45, 2.75) is 114 Å². The van der Waals surface area contributed by atoms with Gasteiger partial charge in [0.1, 0.15) is 11.4 Å². The Morgan fingerprint density at radius 2 is 0.960 bits per heavy atom. The van der Waals surface area contributed by atoms with Crippen molar-refractivity contribution in [3.63, 3.8) is 0 Å². The lowest BCUT2D eigenvalue weighted by Gasteiger charge is -2.38. The highest BCUT2D eigenvalue weighted by Crippen LogP contribution is 2.46. The maximum atomic E-state index is 14.1. The maximum absolute atomic E-state index is 14.1. The molecule has 8 nitrogen and oxygen atoms in total. The maximum Gasteiger partial charge on any atom is 0.248 e. The number of hydrogen-bond donors (Lipinski definition) is 2. The first-order valence-corrected chi connectivity index (χ1v) is 24.3. The summed E-state index contributed by atoms with van der Waals surface area (Å²) in [5, 5.41) is 3.81. The van der Waals surface area contributed by atoms with E-state index in [2.05, 4.69) is 72.8 Å². The zero-order valence-corrected chi connectivity index (χ0v) is 44.1. The molecule has 2 aromatic carbocycles. The number of allylic oxidation sites excluding steroid dienone is 18. The summed E-state index contributed by atoms with van der Waals surface area (Å²) in [6, 6.07) is 0.646. The number of nitrogens with zero attached hydrogens (tertiary/aromatic N) is 4. The van der Waals surface area contributed by atoms with Crippen molar-refractivity contribution in [3.05, 3.63) is 213 Å². The van der Waals surface area contributed by atoms with Crippen molar-refractivity contribution in [1.29, 1.82) is 0 Å². The summed E-state index contributed by atoms with van der Waals surface area (Å²) in [6.45, 7) is 21.4. The van der Waals surface area contributed by atoms with Crippen molar-refractivity contribution < 1.29 is 44.7 Å². The minimum atomic E-state index is -1.84. The molecule has 398 valence electrons. The Labute approximate surface area is 434 Å². The quantitative estimate of drug-likeness (QED) is 0.0433. The molecular weight excluding hydrogens is 977 g/mol. The topological polar surface area (TPSA) is 93.8 Å². The standard InChI is InChI=1S/C30H33F4N3O.C29H31F4N3O/c1-18(10-11-22-20(3)23(12-13-30(22,5)6)37-15-14-35-17-37)8-7-9-19(2)16-24(38)36-29-26(32)21(4)25(31)27(33)28(29)34;1-18(9-10-21-20(3)24(11-12-29(21,4)5)36-14-13-34-17-36)7-6-8-19(2)15-25(37)35-28-26(32)22(30)16-23(31)27(28)33/h7-11,14-17,23H,12-13H2,1-6H3,(H,36,38);6-10,13-17,24H,11-12H2,1-5H3,(H,35,37)/b9-7+,11-10+,18-8+,19-16+;8-6+,10-9+,18-7+,19-15+. The second kappa shape index (κ2) is 25.2. The van der Waals surface area contributed by atoms with Gasteiger partial charge in [0.2, 0.25) is 11.8 Å². The molecule has 0 radical (unpaired) electrons. The fourth-order valence-corrected chi connectivity index (χ4v) is 9.11. The van der Waals surface area contributed by atoms with Crippen LogP contribution in [0.5, 0.6) is 0 Å². The number of rotatable bonds is 14. The molecule has 6 rings (SSSR count). The zero-order valence-electron chi connectivity index (χ0n) is 44.1. The molecule has 2 atom stereocenters. The van der Waals surface area contributed by atoms with Crippen LogP contribution in [-0.2, 0) is 9.59 Å². The van der Waals surface area contributed by atoms with E-state index in [1.54, 1.807) is 50.5 Å². The van der Waals surface area contributed by atoms with Gasteiger partial charge >= 0.3 is 0 Å². The van der Waals surface area contributed by atoms with Crippen molar-refractivity contribution in [2.75, 3.05) is 10.6 Å². The molecule has 2 aliphatic carbocycles. The lowest BCUT2D eigenvalue weighted by molar-refractivity contribution is -0.112. The molecule has 2 unspecified atom stereocenters. The van der Waals surface area contributed by atoms with Crippen LogP contribution in [0.4, 0.5) is 46.5 Å². The highest BCUT2D eigenvalue weighted by atomic mass is 19.2. The average molecular weight is 1040 g/mol. The van der Waals surface area contributed by atoms with Crippen molar-refractivity contribution in [3.8, 4) is 0 Å². The molecule has 0 fully saturated rings. The molecule has 75 heavy (non-hydrogen) atoms. The second-order valence-corrected chi connectivity index (χ2v) is 20.2.